The van der Waals surface area contributed by atoms with Crippen molar-refractivity contribution in [3.8, 4) is 0 Å². The monoisotopic (exact) mass is 225 g/mol. The van der Waals surface area contributed by atoms with Gasteiger partial charge in [-0.3, -0.25) is 0 Å². The van der Waals surface area contributed by atoms with Gasteiger partial charge in [0.2, 0.25) is 0 Å². The Morgan fingerprint density at radius 3 is 2.00 bits per heavy atom. The molecule has 0 N–H and O–H groups in total. The zero-order chi connectivity index (χ0) is 11.8. The normalized spacial score (nSPS) is 9.40. The fraction of sp³-hybridized carbons (Fsp3) is 0.571. The van der Waals surface area contributed by atoms with Crippen molar-refractivity contribution in [2.24, 2.45) is 5.16 Å². The molecular weight excluding hydrogens is 216 g/mol. The molecule has 0 amide bonds. The number of hydrogen-bond donors (Lipinski definition) is 0. The van der Waals surface area contributed by atoms with E-state index < -0.39 is 30.7 Å². The van der Waals surface area contributed by atoms with E-state index in [-0.39, 0.29) is 0 Å². The standard InChI is InChI=1S/C7H9F2NO5/c1-13-6(11)5(7(12)14-2)10-15-3-4(8)9/h4H,3H2,1-2H3. The maximum Gasteiger partial charge on any atom is 0.367 e. The number of nitrogens with zero attached hydrogens (tertiary/aromatic N) is 1. The Labute approximate surface area is 83.8 Å². The first-order valence-electron chi connectivity index (χ1n) is 3.67. The highest BCUT2D eigenvalue weighted by molar-refractivity contribution is 6.62. The molecule has 0 unspecified atom stereocenters. The molecule has 0 bridgehead atoms. The lowest BCUT2D eigenvalue weighted by Crippen LogP contribution is -2.27. The SMILES string of the molecule is COC(=O)C(=NOCC(F)F)C(=O)OC. The summed E-state index contributed by atoms with van der Waals surface area (Å²) < 4.78 is 31.6. The molecule has 6 nitrogen and oxygen atoms in total. The van der Waals surface area contributed by atoms with Gasteiger partial charge in [0.1, 0.15) is 0 Å². The van der Waals surface area contributed by atoms with Crippen LogP contribution in [0.5, 0.6) is 0 Å². The number of alkyl halides is 2. The minimum absolute atomic E-state index is 0.833. The van der Waals surface area contributed by atoms with E-state index in [1.807, 2.05) is 0 Å². The molecule has 15 heavy (non-hydrogen) atoms. The first-order valence-corrected chi connectivity index (χ1v) is 3.67. The third-order valence-electron chi connectivity index (χ3n) is 1.11. The predicted octanol–water partition coefficient (Wildman–Crippen LogP) is -0.0299. The number of methoxy groups -OCH3 is 2. The van der Waals surface area contributed by atoms with Crippen LogP contribution in [0.4, 0.5) is 8.78 Å². The second-order valence-electron chi connectivity index (χ2n) is 2.11. The van der Waals surface area contributed by atoms with Gasteiger partial charge in [0.05, 0.1) is 14.2 Å². The highest BCUT2D eigenvalue weighted by Gasteiger charge is 2.23. The van der Waals surface area contributed by atoms with Crippen molar-refractivity contribution in [1.82, 2.24) is 0 Å². The van der Waals surface area contributed by atoms with Gasteiger partial charge in [-0.15, -0.1) is 0 Å². The van der Waals surface area contributed by atoms with Crippen molar-refractivity contribution in [1.29, 1.82) is 0 Å². The van der Waals surface area contributed by atoms with Crippen LogP contribution in [0.1, 0.15) is 0 Å². The van der Waals surface area contributed by atoms with Gasteiger partial charge in [0, 0.05) is 0 Å². The molecule has 0 aliphatic heterocycles. The molecule has 8 heteroatoms. The smallest absolute Gasteiger partial charge is 0.367 e. The van der Waals surface area contributed by atoms with Crippen LogP contribution in [0.3, 0.4) is 0 Å². The first kappa shape index (κ1) is 13.3. The van der Waals surface area contributed by atoms with Crippen molar-refractivity contribution < 1.29 is 32.7 Å². The van der Waals surface area contributed by atoms with Crippen molar-refractivity contribution in [2.75, 3.05) is 20.8 Å². The van der Waals surface area contributed by atoms with Gasteiger partial charge in [-0.2, -0.15) is 0 Å². The van der Waals surface area contributed by atoms with Crippen LogP contribution >= 0.6 is 0 Å². The number of ether oxygens (including phenoxy) is 2. The van der Waals surface area contributed by atoms with Crippen LogP contribution in [0.25, 0.3) is 0 Å². The van der Waals surface area contributed by atoms with Gasteiger partial charge in [-0.1, -0.05) is 5.16 Å². The van der Waals surface area contributed by atoms with E-state index in [9.17, 15) is 18.4 Å². The summed E-state index contributed by atoms with van der Waals surface area (Å²) in [6.45, 7) is -1.03. The van der Waals surface area contributed by atoms with Gasteiger partial charge in [-0.25, -0.2) is 18.4 Å². The molecule has 0 radical (unpaired) electrons. The third kappa shape index (κ3) is 4.89. The van der Waals surface area contributed by atoms with E-state index in [2.05, 4.69) is 19.5 Å². The summed E-state index contributed by atoms with van der Waals surface area (Å²) in [6.07, 6.45) is -2.76. The Balaban J connectivity index is 4.48. The summed E-state index contributed by atoms with van der Waals surface area (Å²) in [6, 6.07) is 0. The quantitative estimate of drug-likeness (QED) is 0.284. The number of hydrogen-bond acceptors (Lipinski definition) is 6. The average molecular weight is 225 g/mol. The van der Waals surface area contributed by atoms with E-state index in [4.69, 9.17) is 0 Å². The van der Waals surface area contributed by atoms with E-state index in [1.54, 1.807) is 0 Å². The second kappa shape index (κ2) is 6.68. The summed E-state index contributed by atoms with van der Waals surface area (Å²) in [5.41, 5.74) is -0.833. The zero-order valence-electron chi connectivity index (χ0n) is 8.03. The topological polar surface area (TPSA) is 74.2 Å². The molecule has 0 atom stereocenters. The average Bonchev–Trinajstić information content (AvgIpc) is 2.22. The molecule has 0 saturated heterocycles. The van der Waals surface area contributed by atoms with E-state index in [0.29, 0.717) is 0 Å². The van der Waals surface area contributed by atoms with Crippen molar-refractivity contribution in [2.45, 2.75) is 6.43 Å². The first-order chi connectivity index (χ1) is 7.02. The summed E-state index contributed by atoms with van der Waals surface area (Å²) in [4.78, 5) is 25.8. The Morgan fingerprint density at radius 1 is 1.20 bits per heavy atom. The minimum Gasteiger partial charge on any atom is -0.464 e. The highest BCUT2D eigenvalue weighted by atomic mass is 19.3. The van der Waals surface area contributed by atoms with E-state index in [1.165, 1.54) is 0 Å². The van der Waals surface area contributed by atoms with Crippen molar-refractivity contribution in [3.05, 3.63) is 0 Å². The zero-order valence-corrected chi connectivity index (χ0v) is 8.03. The molecule has 0 aromatic heterocycles. The maximum atomic E-state index is 11.6. The summed E-state index contributed by atoms with van der Waals surface area (Å²) in [5.74, 6) is -2.26. The lowest BCUT2D eigenvalue weighted by molar-refractivity contribution is -0.138. The molecule has 0 spiro atoms. The third-order valence-corrected chi connectivity index (χ3v) is 1.11. The number of esters is 2. The van der Waals surface area contributed by atoms with Gasteiger partial charge in [0.25, 0.3) is 12.1 Å². The second-order valence-corrected chi connectivity index (χ2v) is 2.11. The van der Waals surface area contributed by atoms with Crippen LogP contribution < -0.4 is 0 Å². The minimum atomic E-state index is -2.76. The van der Waals surface area contributed by atoms with Gasteiger partial charge in [-0.05, 0) is 0 Å². The lowest BCUT2D eigenvalue weighted by atomic mass is 10.4. The molecule has 0 aromatic rings. The molecule has 0 aromatic carbocycles. The molecule has 0 aliphatic rings. The maximum absolute atomic E-state index is 11.6. The summed E-state index contributed by atoms with van der Waals surface area (Å²) >= 11 is 0. The molecule has 0 heterocycles. The summed E-state index contributed by atoms with van der Waals surface area (Å²) in [7, 11) is 1.99. The largest absolute Gasteiger partial charge is 0.464 e. The van der Waals surface area contributed by atoms with Gasteiger partial charge >= 0.3 is 11.9 Å². The van der Waals surface area contributed by atoms with Crippen molar-refractivity contribution in [3.63, 3.8) is 0 Å². The molecule has 0 aliphatic carbocycles. The van der Waals surface area contributed by atoms with Crippen molar-refractivity contribution >= 4 is 17.7 Å². The number of oxime groups is 1. The van der Waals surface area contributed by atoms with Crippen LogP contribution in [0, 0.1) is 0 Å². The number of halogens is 2. The fourth-order valence-corrected chi connectivity index (χ4v) is 0.509. The fourth-order valence-electron chi connectivity index (χ4n) is 0.509. The van der Waals surface area contributed by atoms with Gasteiger partial charge < -0.3 is 14.3 Å². The van der Waals surface area contributed by atoms with Gasteiger partial charge in [0.15, 0.2) is 6.61 Å². The predicted molar refractivity (Wildman–Crippen MR) is 43.4 cm³/mol. The molecule has 86 valence electrons. The Morgan fingerprint density at radius 2 is 1.67 bits per heavy atom. The number of carbonyl (C=O) groups is 2. The molecular formula is C7H9F2NO5. The number of carbonyl (C=O) groups excluding carboxylic acids is 2. The van der Waals surface area contributed by atoms with E-state index in [0.717, 1.165) is 14.2 Å². The molecule has 0 fully saturated rings. The molecule has 0 rings (SSSR count). The highest BCUT2D eigenvalue weighted by Crippen LogP contribution is 1.95. The van der Waals surface area contributed by atoms with Crippen LogP contribution in [-0.2, 0) is 23.9 Å². The van der Waals surface area contributed by atoms with Crippen LogP contribution in [0.15, 0.2) is 5.16 Å². The number of rotatable bonds is 5. The molecule has 0 saturated carbocycles. The van der Waals surface area contributed by atoms with E-state index >= 15 is 0 Å². The van der Waals surface area contributed by atoms with Crippen LogP contribution in [0.2, 0.25) is 0 Å². The van der Waals surface area contributed by atoms with Crippen LogP contribution in [-0.4, -0.2) is 44.9 Å². The summed E-state index contributed by atoms with van der Waals surface area (Å²) in [5, 5.41) is 2.89. The lowest BCUT2D eigenvalue weighted by Gasteiger charge is -2.02. The Hall–Kier alpha value is -1.73. The Bertz CT molecular complexity index is 248. The Kier molecular flexibility index (Phi) is 5.91.